The minimum atomic E-state index is 0.0556. The fourth-order valence-corrected chi connectivity index (χ4v) is 0. The Hall–Kier alpha value is -0.730. The van der Waals surface area contributed by atoms with Crippen LogP contribution in [-0.4, -0.2) is 6.41 Å². The van der Waals surface area contributed by atoms with Crippen molar-refractivity contribution < 1.29 is 4.79 Å². The van der Waals surface area contributed by atoms with Crippen LogP contribution in [0.4, 0.5) is 0 Å². The third kappa shape index (κ3) is 1.27. The lowest BCUT2D eigenvalue weighted by atomic mass is 11.5. The molecule has 4 heavy (non-hydrogen) atoms. The van der Waals surface area contributed by atoms with Crippen LogP contribution in [0, 0.1) is 0 Å². The molecule has 0 aromatic rings. The lowest BCUT2D eigenvalue weighted by Crippen LogP contribution is -1.49. The van der Waals surface area contributed by atoms with E-state index in [1.807, 2.05) is 0 Å². The second-order valence-electron chi connectivity index (χ2n) is 0.221. The molecule has 3 heteroatoms. The monoisotopic (exact) mass is 57.0 g/mol. The molecule has 0 unspecified atom stereocenters. The largest absolute Gasteiger partial charge is 0.275 e. The van der Waals surface area contributed by atoms with E-state index in [4.69, 9.17) is 10.3 Å². The highest BCUT2D eigenvalue weighted by Crippen LogP contribution is 1.29. The van der Waals surface area contributed by atoms with Crippen LogP contribution in [0.3, 0.4) is 0 Å². The Morgan fingerprint density at radius 3 is 2.25 bits per heavy atom. The van der Waals surface area contributed by atoms with Crippen molar-refractivity contribution in [2.45, 2.75) is 0 Å². The Kier molecular flexibility index (Phi) is 1.86. The summed E-state index contributed by atoms with van der Waals surface area (Å²) in [5.74, 6) is 0. The number of carbonyl (C=O) groups is 1. The number of nitrogens with zero attached hydrogens (tertiary/aromatic N) is 2. The highest BCUT2D eigenvalue weighted by molar-refractivity contribution is 5.45. The van der Waals surface area contributed by atoms with Gasteiger partial charge in [-0.15, -0.1) is 0 Å². The maximum absolute atomic E-state index is 8.76. The van der Waals surface area contributed by atoms with E-state index in [0.29, 0.717) is 0 Å². The Labute approximate surface area is 23.1 Å². The molecular weight excluding hydrogens is 56.0 g/mol. The summed E-state index contributed by atoms with van der Waals surface area (Å²) in [6.45, 7) is 0. The van der Waals surface area contributed by atoms with Crippen molar-refractivity contribution in [3.63, 3.8) is 0 Å². The van der Waals surface area contributed by atoms with E-state index < -0.39 is 0 Å². The summed E-state index contributed by atoms with van der Waals surface area (Å²) in [5, 5.41) is 2.06. The van der Waals surface area contributed by atoms with Crippen molar-refractivity contribution in [3.8, 4) is 0 Å². The zero-order valence-corrected chi connectivity index (χ0v) is 1.88. The molecule has 0 saturated heterocycles. The van der Waals surface area contributed by atoms with E-state index in [0.717, 1.165) is 0 Å². The van der Waals surface area contributed by atoms with E-state index in [1.165, 1.54) is 0 Å². The van der Waals surface area contributed by atoms with Crippen LogP contribution in [0.2, 0.25) is 0 Å². The smallest absolute Gasteiger partial charge is 0.254 e. The molecule has 1 radical (unpaired) electrons. The van der Waals surface area contributed by atoms with Crippen LogP contribution in [0.15, 0.2) is 5.11 Å². The Morgan fingerprint density at radius 1 is 2.00 bits per heavy atom. The molecule has 0 aromatic heterocycles. The van der Waals surface area contributed by atoms with Gasteiger partial charge in [0, 0.05) is 0 Å². The van der Waals surface area contributed by atoms with Crippen molar-refractivity contribution in [2.75, 3.05) is 0 Å². The van der Waals surface area contributed by atoms with Crippen molar-refractivity contribution in [1.29, 1.82) is 0 Å². The highest BCUT2D eigenvalue weighted by Gasteiger charge is 1.41. The minimum Gasteiger partial charge on any atom is -0.275 e. The lowest BCUT2D eigenvalue weighted by molar-refractivity contribution is -0.107. The van der Waals surface area contributed by atoms with Crippen LogP contribution in [0.1, 0.15) is 0 Å². The summed E-state index contributed by atoms with van der Waals surface area (Å²) in [5.41, 5.74) is 7.13. The Bertz CT molecular complexity index is 27.0. The molecule has 0 aliphatic rings. The van der Waals surface area contributed by atoms with E-state index in [2.05, 4.69) is 5.11 Å². The predicted octanol–water partition coefficient (Wildman–Crippen LogP) is -0.605. The zero-order chi connectivity index (χ0) is 3.41. The van der Waals surface area contributed by atoms with E-state index in [9.17, 15) is 0 Å². The molecule has 0 aromatic carbocycles. The molecule has 0 saturated carbocycles. The maximum Gasteiger partial charge on any atom is 0.254 e. The lowest BCUT2D eigenvalue weighted by Gasteiger charge is -1.35. The van der Waals surface area contributed by atoms with Gasteiger partial charge in [-0.1, -0.05) is 5.11 Å². The van der Waals surface area contributed by atoms with Crippen LogP contribution in [0.5, 0.6) is 0 Å². The third-order valence-corrected chi connectivity index (χ3v) is 0.0471. The van der Waals surface area contributed by atoms with Crippen molar-refractivity contribution in [1.82, 2.24) is 5.53 Å². The number of rotatable bonds is 1. The van der Waals surface area contributed by atoms with E-state index in [-0.39, 0.29) is 6.41 Å². The molecular formula is CHN2O. The summed E-state index contributed by atoms with van der Waals surface area (Å²) < 4.78 is 0. The second-order valence-corrected chi connectivity index (χ2v) is 0.221. The van der Waals surface area contributed by atoms with Gasteiger partial charge in [-0.2, -0.15) is 0 Å². The summed E-state index contributed by atoms with van der Waals surface area (Å²) >= 11 is 0. The Morgan fingerprint density at radius 2 is 2.25 bits per heavy atom. The first-order valence-electron chi connectivity index (χ1n) is 0.694. The molecule has 3 nitrogen and oxygen atoms in total. The van der Waals surface area contributed by atoms with Gasteiger partial charge in [-0.25, -0.2) is 0 Å². The molecule has 1 amide bonds. The summed E-state index contributed by atoms with van der Waals surface area (Å²) in [6.07, 6.45) is 0.0556. The SMILES string of the molecule is [N]=NC=O. The molecule has 0 aliphatic carbocycles. The third-order valence-electron chi connectivity index (χ3n) is 0.0471. The van der Waals surface area contributed by atoms with Gasteiger partial charge < -0.3 is 0 Å². The fourth-order valence-electron chi connectivity index (χ4n) is 0. The van der Waals surface area contributed by atoms with Gasteiger partial charge in [0.05, 0.1) is 0 Å². The van der Waals surface area contributed by atoms with Crippen LogP contribution >= 0.6 is 0 Å². The van der Waals surface area contributed by atoms with Gasteiger partial charge in [0.2, 0.25) is 0 Å². The Balaban J connectivity index is 2.73. The van der Waals surface area contributed by atoms with Crippen LogP contribution < -0.4 is 5.53 Å². The van der Waals surface area contributed by atoms with Crippen molar-refractivity contribution in [2.24, 2.45) is 5.11 Å². The molecule has 0 bridgehead atoms. The normalized spacial score (nSPS) is 5.00. The number of amides is 1. The van der Waals surface area contributed by atoms with Gasteiger partial charge in [-0.3, -0.25) is 4.79 Å². The van der Waals surface area contributed by atoms with Gasteiger partial charge in [0.25, 0.3) is 6.41 Å². The predicted molar refractivity (Wildman–Crippen MR) is 10.6 cm³/mol. The molecule has 0 heterocycles. The number of carbonyl (C=O) groups excluding carboxylic acids is 1. The molecule has 0 N–H and O–H groups in total. The molecule has 0 fully saturated rings. The molecule has 0 spiro atoms. The molecule has 21 valence electrons. The van der Waals surface area contributed by atoms with E-state index in [1.54, 1.807) is 0 Å². The van der Waals surface area contributed by atoms with E-state index >= 15 is 0 Å². The topological polar surface area (TPSA) is 51.7 Å². The summed E-state index contributed by atoms with van der Waals surface area (Å²) in [7, 11) is 0. The van der Waals surface area contributed by atoms with Gasteiger partial charge >= 0.3 is 0 Å². The summed E-state index contributed by atoms with van der Waals surface area (Å²) in [4.78, 5) is 8.76. The first-order valence-corrected chi connectivity index (χ1v) is 0.694. The van der Waals surface area contributed by atoms with Crippen molar-refractivity contribution >= 4 is 6.41 Å². The van der Waals surface area contributed by atoms with Gasteiger partial charge in [0.15, 0.2) is 0 Å². The highest BCUT2D eigenvalue weighted by atomic mass is 16.1. The number of hydrogen-bond acceptors (Lipinski definition) is 1. The first kappa shape index (κ1) is 3.27. The zero-order valence-electron chi connectivity index (χ0n) is 1.88. The fraction of sp³-hybridized carbons (Fsp3) is 0. The van der Waals surface area contributed by atoms with Gasteiger partial charge in [0.1, 0.15) is 0 Å². The standard InChI is InChI=1S/CHN2O/c2-3-1-4/h1H. The van der Waals surface area contributed by atoms with Gasteiger partial charge in [-0.05, 0) is 5.53 Å². The average Bonchev–Trinajstić information content (AvgIpc) is 1.37. The van der Waals surface area contributed by atoms with Crippen LogP contribution in [-0.2, 0) is 4.79 Å². The first-order chi connectivity index (χ1) is 1.91. The molecule has 0 aliphatic heterocycles. The van der Waals surface area contributed by atoms with Crippen LogP contribution in [0.25, 0.3) is 0 Å². The van der Waals surface area contributed by atoms with Crippen molar-refractivity contribution in [3.05, 3.63) is 0 Å². The summed E-state index contributed by atoms with van der Waals surface area (Å²) in [6, 6.07) is 0. The molecule has 0 atom stereocenters. The second kappa shape index (κ2) is 2.27. The average molecular weight is 57.0 g/mol. The number of hydrogen-bond donors (Lipinski definition) is 0. The maximum atomic E-state index is 8.76. The quantitative estimate of drug-likeness (QED) is 0.292. The minimum absolute atomic E-state index is 0.0556. The molecule has 0 rings (SSSR count).